The summed E-state index contributed by atoms with van der Waals surface area (Å²) in [5.41, 5.74) is 5.70. The molecule has 104 valence electrons. The van der Waals surface area contributed by atoms with Crippen LogP contribution in [0.15, 0.2) is 46.9 Å². The smallest absolute Gasteiger partial charge is 0.244 e. The van der Waals surface area contributed by atoms with Crippen LogP contribution in [0.2, 0.25) is 0 Å². The van der Waals surface area contributed by atoms with E-state index in [1.165, 1.54) is 0 Å². The molecule has 1 atom stereocenters. The second-order valence-electron chi connectivity index (χ2n) is 4.13. The van der Waals surface area contributed by atoms with Crippen molar-refractivity contribution in [1.82, 2.24) is 0 Å². The van der Waals surface area contributed by atoms with Crippen molar-refractivity contribution in [1.29, 1.82) is 0 Å². The number of halogens is 3. The lowest BCUT2D eigenvalue weighted by molar-refractivity contribution is -0.118. The number of primary amides is 1. The lowest BCUT2D eigenvalue weighted by atomic mass is 10.0. The van der Waals surface area contributed by atoms with E-state index in [9.17, 15) is 13.6 Å². The maximum Gasteiger partial charge on any atom is 0.244 e. The standard InChI is InChI=1S/C14H11BrF2N2O/c15-10-3-1-2-4-12(10)19-13(14(18)20)9-7-8(16)5-6-11(9)17/h1-7,13,19H,(H2,18,20). The molecule has 0 aliphatic heterocycles. The predicted octanol–water partition coefficient (Wildman–Crippen LogP) is 3.37. The Bertz CT molecular complexity index is 649. The van der Waals surface area contributed by atoms with Crippen molar-refractivity contribution in [2.45, 2.75) is 6.04 Å². The highest BCUT2D eigenvalue weighted by atomic mass is 79.9. The van der Waals surface area contributed by atoms with E-state index < -0.39 is 23.6 Å². The maximum absolute atomic E-state index is 13.8. The molecule has 2 rings (SSSR count). The molecule has 0 saturated heterocycles. The van der Waals surface area contributed by atoms with Gasteiger partial charge in [-0.2, -0.15) is 0 Å². The van der Waals surface area contributed by atoms with E-state index in [2.05, 4.69) is 21.2 Å². The van der Waals surface area contributed by atoms with Crippen LogP contribution in [0.25, 0.3) is 0 Å². The number of anilines is 1. The Balaban J connectivity index is 2.40. The molecule has 2 aromatic rings. The monoisotopic (exact) mass is 340 g/mol. The van der Waals surface area contributed by atoms with Crippen molar-refractivity contribution in [2.24, 2.45) is 5.73 Å². The lowest BCUT2D eigenvalue weighted by Crippen LogP contribution is -2.28. The van der Waals surface area contributed by atoms with Crippen molar-refractivity contribution in [3.05, 3.63) is 64.1 Å². The third-order valence-electron chi connectivity index (χ3n) is 2.73. The van der Waals surface area contributed by atoms with Crippen molar-refractivity contribution >= 4 is 27.5 Å². The highest BCUT2D eigenvalue weighted by Gasteiger charge is 2.22. The third-order valence-corrected chi connectivity index (χ3v) is 3.42. The average molecular weight is 341 g/mol. The van der Waals surface area contributed by atoms with Gasteiger partial charge in [0, 0.05) is 15.7 Å². The maximum atomic E-state index is 13.8. The second-order valence-corrected chi connectivity index (χ2v) is 4.98. The van der Waals surface area contributed by atoms with Crippen LogP contribution in [0.4, 0.5) is 14.5 Å². The predicted molar refractivity (Wildman–Crippen MR) is 76.1 cm³/mol. The van der Waals surface area contributed by atoms with E-state index in [4.69, 9.17) is 5.73 Å². The average Bonchev–Trinajstić information content (AvgIpc) is 2.40. The first-order valence-corrected chi connectivity index (χ1v) is 6.53. The van der Waals surface area contributed by atoms with Crippen LogP contribution in [0.5, 0.6) is 0 Å². The number of hydrogen-bond donors (Lipinski definition) is 2. The number of para-hydroxylation sites is 1. The van der Waals surface area contributed by atoms with Gasteiger partial charge in [-0.1, -0.05) is 12.1 Å². The normalized spacial score (nSPS) is 11.9. The molecule has 0 fully saturated rings. The first-order chi connectivity index (χ1) is 9.49. The van der Waals surface area contributed by atoms with E-state index in [0.29, 0.717) is 10.2 Å². The summed E-state index contributed by atoms with van der Waals surface area (Å²) in [6, 6.07) is 8.71. The highest BCUT2D eigenvalue weighted by Crippen LogP contribution is 2.27. The number of carbonyl (C=O) groups excluding carboxylic acids is 1. The van der Waals surface area contributed by atoms with E-state index in [-0.39, 0.29) is 5.56 Å². The minimum absolute atomic E-state index is 0.131. The molecule has 0 saturated carbocycles. The number of rotatable bonds is 4. The quantitative estimate of drug-likeness (QED) is 0.896. The SMILES string of the molecule is NC(=O)C(Nc1ccccc1Br)c1cc(F)ccc1F. The number of benzene rings is 2. The minimum atomic E-state index is -1.16. The number of nitrogens with two attached hydrogens (primary N) is 1. The van der Waals surface area contributed by atoms with Crippen LogP contribution < -0.4 is 11.1 Å². The first-order valence-electron chi connectivity index (χ1n) is 5.74. The number of hydrogen-bond acceptors (Lipinski definition) is 2. The molecule has 0 aliphatic carbocycles. The van der Waals surface area contributed by atoms with Crippen molar-refractivity contribution in [3.63, 3.8) is 0 Å². The van der Waals surface area contributed by atoms with Gasteiger partial charge in [0.1, 0.15) is 17.7 Å². The van der Waals surface area contributed by atoms with Gasteiger partial charge >= 0.3 is 0 Å². The van der Waals surface area contributed by atoms with Crippen LogP contribution >= 0.6 is 15.9 Å². The fourth-order valence-electron chi connectivity index (χ4n) is 1.77. The summed E-state index contributed by atoms with van der Waals surface area (Å²) in [6.07, 6.45) is 0. The Hall–Kier alpha value is -1.95. The largest absolute Gasteiger partial charge is 0.369 e. The molecule has 1 amide bonds. The zero-order valence-electron chi connectivity index (χ0n) is 10.2. The fraction of sp³-hybridized carbons (Fsp3) is 0.0714. The summed E-state index contributed by atoms with van der Waals surface area (Å²) in [7, 11) is 0. The van der Waals surface area contributed by atoms with Crippen LogP contribution in [-0.2, 0) is 4.79 Å². The van der Waals surface area contributed by atoms with Crippen LogP contribution in [0.3, 0.4) is 0 Å². The van der Waals surface area contributed by atoms with Gasteiger partial charge < -0.3 is 11.1 Å². The topological polar surface area (TPSA) is 55.1 Å². The summed E-state index contributed by atoms with van der Waals surface area (Å²) in [5, 5.41) is 2.80. The van der Waals surface area contributed by atoms with Crippen molar-refractivity contribution in [3.8, 4) is 0 Å². The van der Waals surface area contributed by atoms with Crippen LogP contribution in [0.1, 0.15) is 11.6 Å². The zero-order chi connectivity index (χ0) is 14.7. The molecule has 0 aromatic heterocycles. The lowest BCUT2D eigenvalue weighted by Gasteiger charge is -2.18. The summed E-state index contributed by atoms with van der Waals surface area (Å²) < 4.78 is 27.7. The molecular weight excluding hydrogens is 330 g/mol. The van der Waals surface area contributed by atoms with E-state index in [1.807, 2.05) is 0 Å². The van der Waals surface area contributed by atoms with Gasteiger partial charge in [0.15, 0.2) is 0 Å². The van der Waals surface area contributed by atoms with Crippen LogP contribution in [0, 0.1) is 11.6 Å². The van der Waals surface area contributed by atoms with Gasteiger partial charge in [-0.25, -0.2) is 8.78 Å². The molecule has 0 aliphatic rings. The molecule has 0 spiro atoms. The summed E-state index contributed by atoms with van der Waals surface area (Å²) in [4.78, 5) is 11.5. The Labute approximate surface area is 122 Å². The number of carbonyl (C=O) groups is 1. The Kier molecular flexibility index (Phi) is 4.34. The van der Waals surface area contributed by atoms with E-state index in [0.717, 1.165) is 18.2 Å². The molecular formula is C14H11BrF2N2O. The molecule has 2 aromatic carbocycles. The highest BCUT2D eigenvalue weighted by molar-refractivity contribution is 9.10. The van der Waals surface area contributed by atoms with Gasteiger partial charge in [-0.15, -0.1) is 0 Å². The molecule has 0 bridgehead atoms. The Morgan fingerprint density at radius 2 is 1.90 bits per heavy atom. The summed E-state index contributed by atoms with van der Waals surface area (Å²) in [6.45, 7) is 0. The summed E-state index contributed by atoms with van der Waals surface area (Å²) in [5.74, 6) is -2.14. The van der Waals surface area contributed by atoms with Gasteiger partial charge in [0.25, 0.3) is 0 Å². The molecule has 3 N–H and O–H groups in total. The van der Waals surface area contributed by atoms with Crippen LogP contribution in [-0.4, -0.2) is 5.91 Å². The van der Waals surface area contributed by atoms with Gasteiger partial charge in [-0.05, 0) is 46.3 Å². The van der Waals surface area contributed by atoms with Gasteiger partial charge in [0.05, 0.1) is 0 Å². The molecule has 20 heavy (non-hydrogen) atoms. The second kappa shape index (κ2) is 6.00. The number of amides is 1. The Morgan fingerprint density at radius 3 is 2.55 bits per heavy atom. The van der Waals surface area contributed by atoms with Gasteiger partial charge in [0.2, 0.25) is 5.91 Å². The minimum Gasteiger partial charge on any atom is -0.369 e. The molecule has 0 radical (unpaired) electrons. The van der Waals surface area contributed by atoms with E-state index >= 15 is 0 Å². The summed E-state index contributed by atoms with van der Waals surface area (Å²) >= 11 is 3.30. The number of nitrogens with one attached hydrogen (secondary N) is 1. The first kappa shape index (κ1) is 14.5. The van der Waals surface area contributed by atoms with Crippen molar-refractivity contribution in [2.75, 3.05) is 5.32 Å². The molecule has 0 heterocycles. The molecule has 6 heteroatoms. The third kappa shape index (κ3) is 3.14. The van der Waals surface area contributed by atoms with Crippen molar-refractivity contribution < 1.29 is 13.6 Å². The van der Waals surface area contributed by atoms with E-state index in [1.54, 1.807) is 24.3 Å². The zero-order valence-corrected chi connectivity index (χ0v) is 11.8. The Morgan fingerprint density at radius 1 is 1.20 bits per heavy atom. The van der Waals surface area contributed by atoms with Gasteiger partial charge in [-0.3, -0.25) is 4.79 Å². The molecule has 1 unspecified atom stereocenters. The molecule has 3 nitrogen and oxygen atoms in total. The fourth-order valence-corrected chi connectivity index (χ4v) is 2.17.